The van der Waals surface area contributed by atoms with Gasteiger partial charge in [-0.15, -0.1) is 0 Å². The lowest BCUT2D eigenvalue weighted by atomic mass is 9.80. The van der Waals surface area contributed by atoms with Crippen LogP contribution in [-0.2, 0) is 0 Å². The summed E-state index contributed by atoms with van der Waals surface area (Å²) in [4.78, 5) is 0. The van der Waals surface area contributed by atoms with Gasteiger partial charge in [0.2, 0.25) is 0 Å². The largest absolute Gasteiger partial charge is 0.506 e. The van der Waals surface area contributed by atoms with Gasteiger partial charge in [0.15, 0.2) is 0 Å². The summed E-state index contributed by atoms with van der Waals surface area (Å²) in [6.45, 7) is 0. The minimum Gasteiger partial charge on any atom is -0.506 e. The molecule has 0 aliphatic rings. The zero-order valence-electron chi connectivity index (χ0n) is 33.9. The second-order valence-corrected chi connectivity index (χ2v) is 17.2. The summed E-state index contributed by atoms with van der Waals surface area (Å²) >= 11 is 27.4. The second kappa shape index (κ2) is 18.2. The molecule has 0 heterocycles. The molecule has 0 unspecified atom stereocenters. The molecule has 8 heteroatoms. The number of hydrogen-bond acceptors (Lipinski definition) is 4. The van der Waals surface area contributed by atoms with Crippen molar-refractivity contribution in [3.8, 4) is 67.5 Å². The van der Waals surface area contributed by atoms with Crippen molar-refractivity contribution in [1.82, 2.24) is 0 Å². The molecule has 0 spiro atoms. The van der Waals surface area contributed by atoms with Crippen molar-refractivity contribution in [3.05, 3.63) is 248 Å². The van der Waals surface area contributed by atoms with Gasteiger partial charge in [-0.05, 0) is 104 Å². The molecular formula is C56H38Cl4O4. The molecule has 4 nitrogen and oxygen atoms in total. The fraction of sp³-hybridized carbons (Fsp3) is 0.0357. The lowest BCUT2D eigenvalue weighted by Crippen LogP contribution is -2.08. The van der Waals surface area contributed by atoms with Crippen LogP contribution in [0.25, 0.3) is 44.5 Å². The van der Waals surface area contributed by atoms with E-state index < -0.39 is 11.8 Å². The molecule has 0 aliphatic carbocycles. The fourth-order valence-electron chi connectivity index (χ4n) is 8.53. The lowest BCUT2D eigenvalue weighted by Gasteiger charge is -2.25. The predicted molar refractivity (Wildman–Crippen MR) is 263 cm³/mol. The van der Waals surface area contributed by atoms with Crippen LogP contribution in [0.1, 0.15) is 45.2 Å². The van der Waals surface area contributed by atoms with Crippen LogP contribution in [0.5, 0.6) is 23.0 Å². The molecule has 9 aromatic rings. The van der Waals surface area contributed by atoms with E-state index in [1.807, 2.05) is 170 Å². The number of rotatable bonds is 10. The number of halogens is 4. The van der Waals surface area contributed by atoms with Crippen molar-refractivity contribution in [1.29, 1.82) is 0 Å². The van der Waals surface area contributed by atoms with Gasteiger partial charge in [-0.25, -0.2) is 0 Å². The maximum Gasteiger partial charge on any atom is 0.142 e. The third-order valence-electron chi connectivity index (χ3n) is 11.6. The Morgan fingerprint density at radius 1 is 0.250 bits per heavy atom. The van der Waals surface area contributed by atoms with Gasteiger partial charge in [-0.3, -0.25) is 0 Å². The van der Waals surface area contributed by atoms with Gasteiger partial charge < -0.3 is 20.4 Å². The molecule has 4 N–H and O–H groups in total. The number of benzene rings is 9. The van der Waals surface area contributed by atoms with E-state index in [4.69, 9.17) is 46.4 Å². The van der Waals surface area contributed by atoms with E-state index in [2.05, 4.69) is 0 Å². The Balaban J connectivity index is 1.25. The monoisotopic (exact) mass is 914 g/mol. The van der Waals surface area contributed by atoms with Gasteiger partial charge in [0, 0.05) is 34.1 Å². The van der Waals surface area contributed by atoms with Crippen LogP contribution >= 0.6 is 46.4 Å². The quantitative estimate of drug-likeness (QED) is 0.103. The van der Waals surface area contributed by atoms with Gasteiger partial charge in [0.05, 0.1) is 20.1 Å². The third kappa shape index (κ3) is 8.42. The summed E-state index contributed by atoms with van der Waals surface area (Å²) in [5.74, 6) is -1.12. The second-order valence-electron chi connectivity index (χ2n) is 15.6. The van der Waals surface area contributed by atoms with Crippen molar-refractivity contribution in [2.24, 2.45) is 0 Å². The van der Waals surface area contributed by atoms with E-state index in [1.165, 1.54) is 0 Å². The zero-order valence-corrected chi connectivity index (χ0v) is 37.0. The smallest absolute Gasteiger partial charge is 0.142 e. The summed E-state index contributed by atoms with van der Waals surface area (Å²) in [6.07, 6.45) is 0. The topological polar surface area (TPSA) is 80.9 Å². The summed E-state index contributed by atoms with van der Waals surface area (Å²) in [6, 6.07) is 61.2. The lowest BCUT2D eigenvalue weighted by molar-refractivity contribution is 0.476. The SMILES string of the molecule is Oc1c(Cl)cc(C(c2ccc(C(c3cc(Cl)c(O)c(-c4ccccc4)c3)c3cc(Cl)c(O)c(-c4ccccc4)c3)cc2)c2cc(Cl)c(O)c(-c3ccccc3)c2)cc1-c1ccccc1. The maximum atomic E-state index is 11.3. The average molecular weight is 917 g/mol. The highest BCUT2D eigenvalue weighted by molar-refractivity contribution is 6.34. The standard InChI is InChI=1S/C56H38Cl4O4/c57-47-29-39(25-43(53(47)61)33-13-5-1-6-14-33)51(40-26-44(54(62)48(58)30-40)34-15-7-2-8-16-34)37-21-23-38(24-22-37)52(41-27-45(55(63)49(59)31-41)35-17-9-3-10-18-35)42-28-46(56(64)50(60)32-42)36-19-11-4-12-20-36/h1-32,51-52,61-64H. The Kier molecular flexibility index (Phi) is 12.1. The molecule has 0 amide bonds. The Morgan fingerprint density at radius 2 is 0.453 bits per heavy atom. The van der Waals surface area contributed by atoms with E-state index in [0.717, 1.165) is 55.6 Å². The van der Waals surface area contributed by atoms with Crippen LogP contribution in [0.15, 0.2) is 194 Å². The molecule has 0 radical (unpaired) electrons. The van der Waals surface area contributed by atoms with Crippen molar-refractivity contribution >= 4 is 46.4 Å². The molecule has 0 bridgehead atoms. The first-order chi connectivity index (χ1) is 31.0. The Labute approximate surface area is 391 Å². The van der Waals surface area contributed by atoms with Crippen LogP contribution < -0.4 is 0 Å². The molecule has 9 rings (SSSR count). The van der Waals surface area contributed by atoms with Crippen molar-refractivity contribution in [2.75, 3.05) is 0 Å². The minimum atomic E-state index is -0.491. The van der Waals surface area contributed by atoms with Crippen molar-refractivity contribution < 1.29 is 20.4 Å². The molecular weight excluding hydrogens is 878 g/mol. The predicted octanol–water partition coefficient (Wildman–Crippen LogP) is 16.2. The van der Waals surface area contributed by atoms with E-state index in [1.54, 1.807) is 24.3 Å². The van der Waals surface area contributed by atoms with Crippen LogP contribution in [0.4, 0.5) is 0 Å². The molecule has 0 atom stereocenters. The Hall–Kier alpha value is -6.66. The summed E-state index contributed by atoms with van der Waals surface area (Å²) < 4.78 is 0. The van der Waals surface area contributed by atoms with Gasteiger partial charge >= 0.3 is 0 Å². The Morgan fingerprint density at radius 3 is 0.656 bits per heavy atom. The number of hydrogen-bond donors (Lipinski definition) is 4. The van der Waals surface area contributed by atoms with Gasteiger partial charge in [-0.1, -0.05) is 192 Å². The van der Waals surface area contributed by atoms with Gasteiger partial charge in [0.25, 0.3) is 0 Å². The summed E-state index contributed by atoms with van der Waals surface area (Å²) in [7, 11) is 0. The highest BCUT2D eigenvalue weighted by Gasteiger charge is 2.27. The first-order valence-corrected chi connectivity index (χ1v) is 22.0. The molecule has 0 saturated heterocycles. The van der Waals surface area contributed by atoms with Crippen LogP contribution in [-0.4, -0.2) is 20.4 Å². The highest BCUT2D eigenvalue weighted by atomic mass is 35.5. The molecule has 0 aliphatic heterocycles. The average Bonchev–Trinajstić information content (AvgIpc) is 3.32. The van der Waals surface area contributed by atoms with Gasteiger partial charge in [0.1, 0.15) is 23.0 Å². The first kappa shape index (κ1) is 42.6. The van der Waals surface area contributed by atoms with Crippen LogP contribution in [0, 0.1) is 0 Å². The van der Waals surface area contributed by atoms with E-state index in [-0.39, 0.29) is 43.1 Å². The molecule has 64 heavy (non-hydrogen) atoms. The Bertz CT molecular complexity index is 2720. The molecule has 314 valence electrons. The van der Waals surface area contributed by atoms with E-state index in [0.29, 0.717) is 22.3 Å². The number of phenols is 4. The minimum absolute atomic E-state index is 0.0351. The molecule has 0 saturated carbocycles. The third-order valence-corrected chi connectivity index (χ3v) is 12.8. The summed E-state index contributed by atoms with van der Waals surface area (Å²) in [5.41, 5.74) is 10.3. The van der Waals surface area contributed by atoms with Gasteiger partial charge in [-0.2, -0.15) is 0 Å². The molecule has 9 aromatic carbocycles. The number of phenolic OH excluding ortho intramolecular Hbond substituents is 4. The highest BCUT2D eigenvalue weighted by Crippen LogP contribution is 2.48. The van der Waals surface area contributed by atoms with E-state index >= 15 is 0 Å². The molecule has 0 aromatic heterocycles. The normalized spacial score (nSPS) is 11.3. The first-order valence-electron chi connectivity index (χ1n) is 20.5. The van der Waals surface area contributed by atoms with Crippen LogP contribution in [0.3, 0.4) is 0 Å². The number of aromatic hydroxyl groups is 4. The zero-order chi connectivity index (χ0) is 44.5. The van der Waals surface area contributed by atoms with Crippen LogP contribution in [0.2, 0.25) is 20.1 Å². The molecule has 0 fully saturated rings. The fourth-order valence-corrected chi connectivity index (χ4v) is 9.44. The van der Waals surface area contributed by atoms with E-state index in [9.17, 15) is 20.4 Å². The summed E-state index contributed by atoms with van der Waals surface area (Å²) in [5, 5.41) is 46.0. The van der Waals surface area contributed by atoms with Crippen molar-refractivity contribution in [3.63, 3.8) is 0 Å². The maximum absolute atomic E-state index is 11.3. The van der Waals surface area contributed by atoms with Crippen molar-refractivity contribution in [2.45, 2.75) is 11.8 Å².